The number of fused-ring (bicyclic) bond motifs is 1. The minimum atomic E-state index is -0.652. The van der Waals surface area contributed by atoms with Crippen molar-refractivity contribution in [2.45, 2.75) is 19.8 Å². The summed E-state index contributed by atoms with van der Waals surface area (Å²) in [4.78, 5) is 35.9. The van der Waals surface area contributed by atoms with Crippen LogP contribution in [0.3, 0.4) is 0 Å². The molecule has 2 amide bonds. The molecule has 0 aromatic heterocycles. The molecular formula is C25H26N2O4. The van der Waals surface area contributed by atoms with E-state index in [4.69, 9.17) is 4.74 Å². The maximum atomic E-state index is 12.2. The molecule has 0 unspecified atom stereocenters. The zero-order valence-electron chi connectivity index (χ0n) is 17.5. The van der Waals surface area contributed by atoms with E-state index in [1.165, 1.54) is 5.56 Å². The molecule has 0 aliphatic carbocycles. The monoisotopic (exact) mass is 418 g/mol. The largest absolute Gasteiger partial charge is 0.454 e. The van der Waals surface area contributed by atoms with E-state index in [1.807, 2.05) is 73.7 Å². The SMILES string of the molecule is Cc1ccccc1CCNC(=O)COC(=O)CNC(=O)Cc1cccc2ccccc12. The van der Waals surface area contributed by atoms with Crippen LogP contribution in [0.5, 0.6) is 0 Å². The van der Waals surface area contributed by atoms with E-state index in [2.05, 4.69) is 10.6 Å². The zero-order valence-corrected chi connectivity index (χ0v) is 17.5. The van der Waals surface area contributed by atoms with Crippen molar-refractivity contribution < 1.29 is 19.1 Å². The molecular weight excluding hydrogens is 392 g/mol. The van der Waals surface area contributed by atoms with Gasteiger partial charge in [-0.1, -0.05) is 66.7 Å². The number of aryl methyl sites for hydroxylation is 1. The Kier molecular flexibility index (Phi) is 7.76. The summed E-state index contributed by atoms with van der Waals surface area (Å²) >= 11 is 0. The van der Waals surface area contributed by atoms with Crippen LogP contribution < -0.4 is 10.6 Å². The molecule has 0 aliphatic heterocycles. The summed E-state index contributed by atoms with van der Waals surface area (Å²) in [6.07, 6.45) is 0.866. The summed E-state index contributed by atoms with van der Waals surface area (Å²) in [5.74, 6) is -1.31. The number of esters is 1. The van der Waals surface area contributed by atoms with Crippen molar-refractivity contribution >= 4 is 28.6 Å². The highest BCUT2D eigenvalue weighted by Crippen LogP contribution is 2.18. The number of nitrogens with one attached hydrogen (secondary N) is 2. The number of hydrogen-bond acceptors (Lipinski definition) is 4. The van der Waals surface area contributed by atoms with Crippen LogP contribution in [0.1, 0.15) is 16.7 Å². The van der Waals surface area contributed by atoms with Crippen LogP contribution in [0.25, 0.3) is 10.8 Å². The molecule has 3 aromatic carbocycles. The van der Waals surface area contributed by atoms with Gasteiger partial charge in [-0.05, 0) is 40.8 Å². The third-order valence-electron chi connectivity index (χ3n) is 5.00. The van der Waals surface area contributed by atoms with Crippen LogP contribution >= 0.6 is 0 Å². The van der Waals surface area contributed by atoms with Gasteiger partial charge in [0, 0.05) is 6.54 Å². The van der Waals surface area contributed by atoms with Crippen LogP contribution in [-0.4, -0.2) is 37.5 Å². The van der Waals surface area contributed by atoms with Gasteiger partial charge in [0.25, 0.3) is 5.91 Å². The van der Waals surface area contributed by atoms with Crippen LogP contribution in [0, 0.1) is 6.92 Å². The fraction of sp³-hybridized carbons (Fsp3) is 0.240. The second kappa shape index (κ2) is 10.9. The summed E-state index contributed by atoms with van der Waals surface area (Å²) in [5.41, 5.74) is 3.22. The van der Waals surface area contributed by atoms with Crippen LogP contribution in [0.4, 0.5) is 0 Å². The molecule has 160 valence electrons. The van der Waals surface area contributed by atoms with Crippen molar-refractivity contribution in [2.75, 3.05) is 19.7 Å². The first-order valence-electron chi connectivity index (χ1n) is 10.2. The average molecular weight is 418 g/mol. The van der Waals surface area contributed by atoms with E-state index in [0.717, 1.165) is 21.9 Å². The quantitative estimate of drug-likeness (QED) is 0.524. The maximum Gasteiger partial charge on any atom is 0.325 e. The van der Waals surface area contributed by atoms with E-state index < -0.39 is 5.97 Å². The Bertz CT molecular complexity index is 1070. The average Bonchev–Trinajstić information content (AvgIpc) is 2.78. The molecule has 3 rings (SSSR count). The second-order valence-electron chi connectivity index (χ2n) is 7.28. The molecule has 0 heterocycles. The number of rotatable bonds is 9. The lowest BCUT2D eigenvalue weighted by atomic mass is 10.0. The summed E-state index contributed by atoms with van der Waals surface area (Å²) < 4.78 is 4.94. The number of benzene rings is 3. The van der Waals surface area contributed by atoms with E-state index in [0.29, 0.717) is 13.0 Å². The van der Waals surface area contributed by atoms with Gasteiger partial charge in [-0.15, -0.1) is 0 Å². The molecule has 0 aliphatic rings. The van der Waals surface area contributed by atoms with Gasteiger partial charge in [-0.2, -0.15) is 0 Å². The van der Waals surface area contributed by atoms with Gasteiger partial charge in [0.15, 0.2) is 6.61 Å². The van der Waals surface area contributed by atoms with Gasteiger partial charge in [0.05, 0.1) is 6.42 Å². The van der Waals surface area contributed by atoms with Gasteiger partial charge in [-0.3, -0.25) is 14.4 Å². The lowest BCUT2D eigenvalue weighted by Gasteiger charge is -2.09. The van der Waals surface area contributed by atoms with Crippen molar-refractivity contribution in [3.63, 3.8) is 0 Å². The highest BCUT2D eigenvalue weighted by atomic mass is 16.5. The van der Waals surface area contributed by atoms with Crippen molar-refractivity contribution in [2.24, 2.45) is 0 Å². The summed E-state index contributed by atoms with van der Waals surface area (Å²) in [6, 6.07) is 21.6. The molecule has 0 fully saturated rings. The predicted octanol–water partition coefficient (Wildman–Crippen LogP) is 2.71. The zero-order chi connectivity index (χ0) is 22.1. The number of amides is 2. The Balaban J connectivity index is 1.35. The third-order valence-corrected chi connectivity index (χ3v) is 5.00. The second-order valence-corrected chi connectivity index (χ2v) is 7.28. The van der Waals surface area contributed by atoms with Crippen molar-refractivity contribution in [1.82, 2.24) is 10.6 Å². The lowest BCUT2D eigenvalue weighted by molar-refractivity contribution is -0.148. The normalized spacial score (nSPS) is 10.5. The van der Waals surface area contributed by atoms with Gasteiger partial charge in [0.2, 0.25) is 5.91 Å². The highest BCUT2D eigenvalue weighted by molar-refractivity contribution is 5.91. The van der Waals surface area contributed by atoms with Crippen LogP contribution in [0.2, 0.25) is 0 Å². The minimum Gasteiger partial charge on any atom is -0.454 e. The molecule has 0 bridgehead atoms. The van der Waals surface area contributed by atoms with E-state index in [1.54, 1.807) is 0 Å². The predicted molar refractivity (Wildman–Crippen MR) is 120 cm³/mol. The fourth-order valence-corrected chi connectivity index (χ4v) is 3.33. The van der Waals surface area contributed by atoms with Gasteiger partial charge in [-0.25, -0.2) is 0 Å². The van der Waals surface area contributed by atoms with Crippen molar-refractivity contribution in [3.05, 3.63) is 83.4 Å². The van der Waals surface area contributed by atoms with Crippen molar-refractivity contribution in [3.8, 4) is 0 Å². The molecule has 0 spiro atoms. The standard InChI is InChI=1S/C25H26N2O4/c1-18-7-2-3-8-19(18)13-14-26-24(29)17-31-25(30)16-27-23(28)15-21-11-6-10-20-9-4-5-12-22(20)21/h2-12H,13-17H2,1H3,(H,26,29)(H,27,28). The van der Waals surface area contributed by atoms with Crippen LogP contribution in [0.15, 0.2) is 66.7 Å². The Hall–Kier alpha value is -3.67. The van der Waals surface area contributed by atoms with E-state index in [-0.39, 0.29) is 31.4 Å². The minimum absolute atomic E-state index is 0.161. The summed E-state index contributed by atoms with van der Waals surface area (Å²) in [5, 5.41) is 7.33. The van der Waals surface area contributed by atoms with Crippen LogP contribution in [-0.2, 0) is 32.0 Å². The van der Waals surface area contributed by atoms with Crippen molar-refractivity contribution in [1.29, 1.82) is 0 Å². The molecule has 2 N–H and O–H groups in total. The van der Waals surface area contributed by atoms with E-state index in [9.17, 15) is 14.4 Å². The molecule has 3 aromatic rings. The molecule has 0 saturated heterocycles. The summed E-state index contributed by atoms with van der Waals surface area (Å²) in [7, 11) is 0. The Morgan fingerprint density at radius 3 is 2.35 bits per heavy atom. The fourth-order valence-electron chi connectivity index (χ4n) is 3.33. The Morgan fingerprint density at radius 1 is 0.806 bits per heavy atom. The third kappa shape index (κ3) is 6.67. The number of ether oxygens (including phenoxy) is 1. The Labute approximate surface area is 181 Å². The molecule has 6 heteroatoms. The lowest BCUT2D eigenvalue weighted by Crippen LogP contribution is -2.35. The number of hydrogen-bond donors (Lipinski definition) is 2. The van der Waals surface area contributed by atoms with Gasteiger partial charge in [0.1, 0.15) is 6.54 Å². The molecule has 0 saturated carbocycles. The first-order valence-corrected chi connectivity index (χ1v) is 10.2. The highest BCUT2D eigenvalue weighted by Gasteiger charge is 2.11. The topological polar surface area (TPSA) is 84.5 Å². The number of carbonyl (C=O) groups excluding carboxylic acids is 3. The molecule has 0 radical (unpaired) electrons. The van der Waals surface area contributed by atoms with E-state index >= 15 is 0 Å². The first kappa shape index (κ1) is 22.0. The smallest absolute Gasteiger partial charge is 0.325 e. The summed E-state index contributed by atoms with van der Waals surface area (Å²) in [6.45, 7) is 1.84. The molecule has 6 nitrogen and oxygen atoms in total. The molecule has 0 atom stereocenters. The number of carbonyl (C=O) groups is 3. The van der Waals surface area contributed by atoms with Gasteiger partial charge >= 0.3 is 5.97 Å². The first-order chi connectivity index (χ1) is 15.0. The van der Waals surface area contributed by atoms with Gasteiger partial charge < -0.3 is 15.4 Å². The Morgan fingerprint density at radius 2 is 1.52 bits per heavy atom. The molecule has 31 heavy (non-hydrogen) atoms. The maximum absolute atomic E-state index is 12.2.